The summed E-state index contributed by atoms with van der Waals surface area (Å²) in [5.74, 6) is 0.257. The molecule has 10 heteroatoms. The predicted octanol–water partition coefficient (Wildman–Crippen LogP) is 7.27. The van der Waals surface area contributed by atoms with Gasteiger partial charge in [-0.05, 0) is 61.5 Å². The molecule has 8 nitrogen and oxygen atoms in total. The lowest BCUT2D eigenvalue weighted by Gasteiger charge is -2.09. The second-order valence-electron chi connectivity index (χ2n) is 9.24. The van der Waals surface area contributed by atoms with Crippen molar-refractivity contribution in [1.29, 1.82) is 0 Å². The largest absolute Gasteiger partial charge is 0.454 e. The van der Waals surface area contributed by atoms with Gasteiger partial charge in [0.05, 0.1) is 11.8 Å². The Balaban J connectivity index is 1.26. The SMILES string of the molecule is Cc1ccc2[nH]c(C(=O)NN=Cc3cc(Br)ccc3OC(=O)c3ccc4c(c3)OCO4)c(-c3ccccc3Cl)c2c1. The Kier molecular flexibility index (Phi) is 7.21. The van der Waals surface area contributed by atoms with Crippen LogP contribution in [0.2, 0.25) is 5.02 Å². The summed E-state index contributed by atoms with van der Waals surface area (Å²) in [7, 11) is 0. The van der Waals surface area contributed by atoms with Crippen molar-refractivity contribution in [1.82, 2.24) is 10.4 Å². The third-order valence-electron chi connectivity index (χ3n) is 6.48. The number of aryl methyl sites for hydroxylation is 1. The van der Waals surface area contributed by atoms with E-state index in [2.05, 4.69) is 31.4 Å². The number of fused-ring (bicyclic) bond motifs is 2. The van der Waals surface area contributed by atoms with Gasteiger partial charge in [-0.1, -0.05) is 57.4 Å². The molecule has 4 aromatic carbocycles. The number of hydrogen-bond acceptors (Lipinski definition) is 6. The first-order valence-electron chi connectivity index (χ1n) is 12.5. The van der Waals surface area contributed by atoms with Crippen molar-refractivity contribution in [3.8, 4) is 28.4 Å². The smallest absolute Gasteiger partial charge is 0.343 e. The molecule has 1 aliphatic rings. The number of benzene rings is 4. The van der Waals surface area contributed by atoms with Gasteiger partial charge in [0.1, 0.15) is 11.4 Å². The maximum atomic E-state index is 13.4. The lowest BCUT2D eigenvalue weighted by molar-refractivity contribution is 0.0733. The number of nitrogens with one attached hydrogen (secondary N) is 2. The van der Waals surface area contributed by atoms with E-state index in [1.54, 1.807) is 42.5 Å². The zero-order valence-corrected chi connectivity index (χ0v) is 23.9. The van der Waals surface area contributed by atoms with Gasteiger partial charge in [-0.3, -0.25) is 4.79 Å². The Morgan fingerprint density at radius 3 is 2.71 bits per heavy atom. The van der Waals surface area contributed by atoms with E-state index in [0.29, 0.717) is 38.9 Å². The number of H-pyrrole nitrogens is 1. The van der Waals surface area contributed by atoms with Gasteiger partial charge in [0.15, 0.2) is 11.5 Å². The highest BCUT2D eigenvalue weighted by Gasteiger charge is 2.21. The molecule has 0 spiro atoms. The maximum absolute atomic E-state index is 13.4. The lowest BCUT2D eigenvalue weighted by atomic mass is 10.0. The van der Waals surface area contributed by atoms with Crippen molar-refractivity contribution < 1.29 is 23.8 Å². The number of aromatic nitrogens is 1. The molecule has 0 fully saturated rings. The molecule has 1 amide bonds. The Morgan fingerprint density at radius 2 is 1.85 bits per heavy atom. The quantitative estimate of drug-likeness (QED) is 0.0889. The molecule has 0 bridgehead atoms. The molecule has 0 saturated carbocycles. The third kappa shape index (κ3) is 5.41. The van der Waals surface area contributed by atoms with Crippen LogP contribution in [-0.4, -0.2) is 29.9 Å². The summed E-state index contributed by atoms with van der Waals surface area (Å²) < 4.78 is 17.0. The molecule has 0 saturated heterocycles. The summed E-state index contributed by atoms with van der Waals surface area (Å²) in [6.07, 6.45) is 1.41. The highest BCUT2D eigenvalue weighted by Crippen LogP contribution is 2.37. The van der Waals surface area contributed by atoms with Gasteiger partial charge in [0.25, 0.3) is 5.91 Å². The van der Waals surface area contributed by atoms with Gasteiger partial charge in [-0.15, -0.1) is 0 Å². The summed E-state index contributed by atoms with van der Waals surface area (Å²) in [4.78, 5) is 29.5. The Labute approximate surface area is 248 Å². The zero-order valence-electron chi connectivity index (χ0n) is 21.5. The standard InChI is InChI=1S/C31H21BrClN3O5/c1-17-6-9-24-22(12-17)28(21-4-2-3-5-23(21)33)29(35-24)30(37)36-34-15-19-13-20(32)8-11-25(19)41-31(38)18-7-10-26-27(14-18)40-16-39-26/h2-15,35H,16H2,1H3,(H,36,37). The highest BCUT2D eigenvalue weighted by molar-refractivity contribution is 9.10. The summed E-state index contributed by atoms with van der Waals surface area (Å²) in [5.41, 5.74) is 6.92. The first-order valence-corrected chi connectivity index (χ1v) is 13.7. The van der Waals surface area contributed by atoms with Crippen LogP contribution in [-0.2, 0) is 0 Å². The van der Waals surface area contributed by atoms with E-state index < -0.39 is 11.9 Å². The van der Waals surface area contributed by atoms with Crippen LogP contribution in [0, 0.1) is 6.92 Å². The summed E-state index contributed by atoms with van der Waals surface area (Å²) >= 11 is 9.96. The topological polar surface area (TPSA) is 102 Å². The number of carbonyl (C=O) groups is 2. The van der Waals surface area contributed by atoms with Crippen molar-refractivity contribution >= 4 is 56.5 Å². The normalized spacial score (nSPS) is 12.2. The van der Waals surface area contributed by atoms with Crippen LogP contribution in [0.25, 0.3) is 22.0 Å². The average molecular weight is 631 g/mol. The van der Waals surface area contributed by atoms with Crippen molar-refractivity contribution in [2.45, 2.75) is 6.92 Å². The maximum Gasteiger partial charge on any atom is 0.343 e. The molecular weight excluding hydrogens is 610 g/mol. The Bertz CT molecular complexity index is 1870. The molecule has 5 aromatic rings. The predicted molar refractivity (Wildman–Crippen MR) is 160 cm³/mol. The molecule has 6 rings (SSSR count). The van der Waals surface area contributed by atoms with Crippen LogP contribution >= 0.6 is 27.5 Å². The molecule has 0 atom stereocenters. The summed E-state index contributed by atoms with van der Waals surface area (Å²) in [6.45, 7) is 2.09. The number of aromatic amines is 1. The number of esters is 1. The van der Waals surface area contributed by atoms with E-state index in [-0.39, 0.29) is 12.5 Å². The number of hydrazone groups is 1. The molecule has 0 aliphatic carbocycles. The number of halogens is 2. The monoisotopic (exact) mass is 629 g/mol. The Hall–Kier alpha value is -4.60. The molecule has 1 aromatic heterocycles. The number of carbonyl (C=O) groups excluding carboxylic acids is 2. The van der Waals surface area contributed by atoms with E-state index in [9.17, 15) is 9.59 Å². The number of rotatable bonds is 6. The number of hydrogen-bond donors (Lipinski definition) is 2. The molecule has 1 aliphatic heterocycles. The van der Waals surface area contributed by atoms with Gasteiger partial charge in [0, 0.05) is 37.1 Å². The van der Waals surface area contributed by atoms with Crippen molar-refractivity contribution in [3.05, 3.63) is 111 Å². The second-order valence-corrected chi connectivity index (χ2v) is 10.6. The first-order chi connectivity index (χ1) is 19.9. The van der Waals surface area contributed by atoms with E-state index >= 15 is 0 Å². The van der Waals surface area contributed by atoms with Gasteiger partial charge in [-0.2, -0.15) is 5.10 Å². The first kappa shape index (κ1) is 26.6. The second kappa shape index (κ2) is 11.1. The van der Waals surface area contributed by atoms with Crippen LogP contribution in [0.15, 0.2) is 88.4 Å². The number of amides is 1. The third-order valence-corrected chi connectivity index (χ3v) is 7.30. The summed E-state index contributed by atoms with van der Waals surface area (Å²) in [6, 6.07) is 23.2. The van der Waals surface area contributed by atoms with Crippen LogP contribution in [0.3, 0.4) is 0 Å². The fourth-order valence-electron chi connectivity index (χ4n) is 4.53. The minimum Gasteiger partial charge on any atom is -0.454 e. The van der Waals surface area contributed by atoms with Crippen LogP contribution in [0.1, 0.15) is 32.0 Å². The van der Waals surface area contributed by atoms with Crippen LogP contribution in [0.4, 0.5) is 0 Å². The molecule has 2 heterocycles. The van der Waals surface area contributed by atoms with E-state index in [4.69, 9.17) is 25.8 Å². The van der Waals surface area contributed by atoms with Crippen molar-refractivity contribution in [2.24, 2.45) is 5.10 Å². The lowest BCUT2D eigenvalue weighted by Crippen LogP contribution is -2.19. The van der Waals surface area contributed by atoms with Gasteiger partial charge < -0.3 is 19.2 Å². The molecule has 0 radical (unpaired) electrons. The van der Waals surface area contributed by atoms with Gasteiger partial charge >= 0.3 is 5.97 Å². The molecule has 204 valence electrons. The minimum absolute atomic E-state index is 0.102. The number of ether oxygens (including phenoxy) is 3. The molecular formula is C31H21BrClN3O5. The molecule has 41 heavy (non-hydrogen) atoms. The minimum atomic E-state index is -0.581. The van der Waals surface area contributed by atoms with Crippen LogP contribution < -0.4 is 19.6 Å². The van der Waals surface area contributed by atoms with Crippen molar-refractivity contribution in [2.75, 3.05) is 6.79 Å². The molecule has 2 N–H and O–H groups in total. The molecule has 0 unspecified atom stereocenters. The number of nitrogens with zero attached hydrogens (tertiary/aromatic N) is 1. The fourth-order valence-corrected chi connectivity index (χ4v) is 5.14. The van der Waals surface area contributed by atoms with Gasteiger partial charge in [0.2, 0.25) is 6.79 Å². The Morgan fingerprint density at radius 1 is 1.02 bits per heavy atom. The van der Waals surface area contributed by atoms with E-state index in [1.807, 2.05) is 43.3 Å². The average Bonchev–Trinajstić information content (AvgIpc) is 3.59. The highest BCUT2D eigenvalue weighted by atomic mass is 79.9. The van der Waals surface area contributed by atoms with Crippen LogP contribution in [0.5, 0.6) is 17.2 Å². The zero-order chi connectivity index (χ0) is 28.5. The van der Waals surface area contributed by atoms with E-state index in [0.717, 1.165) is 26.5 Å². The fraction of sp³-hybridized carbons (Fsp3) is 0.0645. The summed E-state index contributed by atoms with van der Waals surface area (Å²) in [5, 5.41) is 5.56. The van der Waals surface area contributed by atoms with Crippen molar-refractivity contribution in [3.63, 3.8) is 0 Å². The van der Waals surface area contributed by atoms with Gasteiger partial charge in [-0.25, -0.2) is 10.2 Å². The van der Waals surface area contributed by atoms with E-state index in [1.165, 1.54) is 6.21 Å².